The van der Waals surface area contributed by atoms with Crippen molar-refractivity contribution in [2.75, 3.05) is 5.32 Å². The van der Waals surface area contributed by atoms with E-state index in [-0.39, 0.29) is 12.1 Å². The first-order valence-electron chi connectivity index (χ1n) is 8.91. The van der Waals surface area contributed by atoms with E-state index in [0.717, 1.165) is 29.7 Å². The summed E-state index contributed by atoms with van der Waals surface area (Å²) in [6.07, 6.45) is 3.40. The van der Waals surface area contributed by atoms with Crippen molar-refractivity contribution in [3.05, 3.63) is 29.8 Å². The summed E-state index contributed by atoms with van der Waals surface area (Å²) in [6.45, 7) is 4.79. The Kier molecular flexibility index (Phi) is 4.11. The van der Waals surface area contributed by atoms with Gasteiger partial charge in [0.1, 0.15) is 12.4 Å². The Labute approximate surface area is 146 Å². The van der Waals surface area contributed by atoms with Crippen molar-refractivity contribution in [2.45, 2.75) is 45.8 Å². The molecule has 132 valence electrons. The second-order valence-electron chi connectivity index (χ2n) is 7.10. The molecule has 1 aromatic carbocycles. The molecule has 0 radical (unpaired) electrons. The average molecular weight is 341 g/mol. The summed E-state index contributed by atoms with van der Waals surface area (Å²) in [5, 5.41) is 9.96. The quantitative estimate of drug-likeness (QED) is 0.859. The van der Waals surface area contributed by atoms with E-state index >= 15 is 0 Å². The molecule has 3 atom stereocenters. The molecule has 2 aliphatic rings. The van der Waals surface area contributed by atoms with E-state index in [1.807, 2.05) is 24.3 Å². The SMILES string of the molecule is C[C@H]1[C@H](C)CCC[C@@H]1NC(=O)Nc1noc2c1COc1ccccc1-2. The summed E-state index contributed by atoms with van der Waals surface area (Å²) in [6, 6.07) is 7.62. The molecule has 1 saturated carbocycles. The third kappa shape index (κ3) is 2.97. The van der Waals surface area contributed by atoms with Crippen LogP contribution in [0.2, 0.25) is 0 Å². The van der Waals surface area contributed by atoms with Gasteiger partial charge in [-0.1, -0.05) is 44.0 Å². The normalized spacial score (nSPS) is 24.6. The molecular weight excluding hydrogens is 318 g/mol. The molecule has 2 amide bonds. The van der Waals surface area contributed by atoms with Gasteiger partial charge in [0, 0.05) is 6.04 Å². The maximum Gasteiger partial charge on any atom is 0.320 e. The molecule has 0 unspecified atom stereocenters. The largest absolute Gasteiger partial charge is 0.488 e. The monoisotopic (exact) mass is 341 g/mol. The first-order chi connectivity index (χ1) is 12.1. The van der Waals surface area contributed by atoms with Crippen LogP contribution < -0.4 is 15.4 Å². The van der Waals surface area contributed by atoms with Gasteiger partial charge in [-0.15, -0.1) is 0 Å². The minimum absolute atomic E-state index is 0.198. The van der Waals surface area contributed by atoms with Crippen LogP contribution in [-0.2, 0) is 6.61 Å². The van der Waals surface area contributed by atoms with Crippen molar-refractivity contribution in [3.8, 4) is 17.1 Å². The summed E-state index contributed by atoms with van der Waals surface area (Å²) in [7, 11) is 0. The number of hydrogen-bond acceptors (Lipinski definition) is 4. The number of fused-ring (bicyclic) bond motifs is 3. The number of nitrogens with zero attached hydrogens (tertiary/aromatic N) is 1. The van der Waals surface area contributed by atoms with Crippen molar-refractivity contribution in [1.29, 1.82) is 0 Å². The highest BCUT2D eigenvalue weighted by molar-refractivity contribution is 5.90. The topological polar surface area (TPSA) is 76.4 Å². The van der Waals surface area contributed by atoms with E-state index in [1.54, 1.807) is 0 Å². The molecule has 2 N–H and O–H groups in total. The number of nitrogens with one attached hydrogen (secondary N) is 2. The van der Waals surface area contributed by atoms with Crippen molar-refractivity contribution in [1.82, 2.24) is 10.5 Å². The molecule has 0 spiro atoms. The summed E-state index contributed by atoms with van der Waals surface area (Å²) in [5.41, 5.74) is 1.64. The number of carbonyl (C=O) groups is 1. The lowest BCUT2D eigenvalue weighted by Crippen LogP contribution is -2.45. The molecule has 0 saturated heterocycles. The zero-order valence-corrected chi connectivity index (χ0v) is 14.5. The Bertz CT molecular complexity index is 786. The molecule has 1 aliphatic carbocycles. The van der Waals surface area contributed by atoms with Gasteiger partial charge in [-0.25, -0.2) is 4.79 Å². The van der Waals surface area contributed by atoms with Crippen LogP contribution in [0, 0.1) is 11.8 Å². The number of amides is 2. The van der Waals surface area contributed by atoms with Crippen molar-refractivity contribution in [3.63, 3.8) is 0 Å². The lowest BCUT2D eigenvalue weighted by atomic mass is 9.78. The second-order valence-corrected chi connectivity index (χ2v) is 7.10. The first kappa shape index (κ1) is 16.0. The second kappa shape index (κ2) is 6.43. The maximum absolute atomic E-state index is 12.4. The average Bonchev–Trinajstić information content (AvgIpc) is 3.02. The highest BCUT2D eigenvalue weighted by atomic mass is 16.5. The molecule has 1 aliphatic heterocycles. The Balaban J connectivity index is 1.48. The molecular formula is C19H23N3O3. The maximum atomic E-state index is 12.4. The summed E-state index contributed by atoms with van der Waals surface area (Å²) >= 11 is 0. The lowest BCUT2D eigenvalue weighted by molar-refractivity contribution is 0.201. The van der Waals surface area contributed by atoms with Gasteiger partial charge >= 0.3 is 6.03 Å². The Hall–Kier alpha value is -2.50. The number of urea groups is 1. The zero-order valence-electron chi connectivity index (χ0n) is 14.5. The van der Waals surface area contributed by atoms with E-state index in [0.29, 0.717) is 30.0 Å². The number of benzene rings is 1. The van der Waals surface area contributed by atoms with Crippen molar-refractivity contribution < 1.29 is 14.1 Å². The first-order valence-corrected chi connectivity index (χ1v) is 8.91. The van der Waals surface area contributed by atoms with Gasteiger partial charge in [-0.05, 0) is 30.4 Å². The highest BCUT2D eigenvalue weighted by Crippen LogP contribution is 2.40. The minimum Gasteiger partial charge on any atom is -0.488 e. The van der Waals surface area contributed by atoms with Gasteiger partial charge in [0.05, 0.1) is 11.1 Å². The van der Waals surface area contributed by atoms with Crippen LogP contribution >= 0.6 is 0 Å². The van der Waals surface area contributed by atoms with E-state index < -0.39 is 0 Å². The van der Waals surface area contributed by atoms with Crippen LogP contribution in [0.25, 0.3) is 11.3 Å². The minimum atomic E-state index is -0.235. The highest BCUT2D eigenvalue weighted by Gasteiger charge is 2.30. The molecule has 0 bridgehead atoms. The van der Waals surface area contributed by atoms with Crippen LogP contribution in [0.15, 0.2) is 28.8 Å². The smallest absolute Gasteiger partial charge is 0.320 e. The molecule has 6 heteroatoms. The summed E-state index contributed by atoms with van der Waals surface area (Å²) in [5.74, 6) is 2.96. The van der Waals surface area contributed by atoms with Gasteiger partial charge in [-0.2, -0.15) is 0 Å². The van der Waals surface area contributed by atoms with Gasteiger partial charge < -0.3 is 14.6 Å². The molecule has 25 heavy (non-hydrogen) atoms. The molecule has 4 rings (SSSR count). The molecule has 1 fully saturated rings. The van der Waals surface area contributed by atoms with E-state index in [2.05, 4.69) is 29.6 Å². The number of rotatable bonds is 2. The summed E-state index contributed by atoms with van der Waals surface area (Å²) in [4.78, 5) is 12.4. The van der Waals surface area contributed by atoms with Crippen LogP contribution in [0.3, 0.4) is 0 Å². The predicted molar refractivity (Wildman–Crippen MR) is 94.4 cm³/mol. The number of anilines is 1. The van der Waals surface area contributed by atoms with Gasteiger partial charge in [0.25, 0.3) is 0 Å². The zero-order chi connectivity index (χ0) is 17.4. The number of ether oxygens (including phenoxy) is 1. The fourth-order valence-corrected chi connectivity index (χ4v) is 3.78. The van der Waals surface area contributed by atoms with Gasteiger partial charge in [0.15, 0.2) is 11.6 Å². The van der Waals surface area contributed by atoms with E-state index in [1.165, 1.54) is 6.42 Å². The standard InChI is InChI=1S/C19H23N3O3/c1-11-6-5-8-15(12(11)2)20-19(23)21-18-14-10-24-16-9-4-3-7-13(16)17(14)25-22-18/h3-4,7,9,11-12,15H,5-6,8,10H2,1-2H3,(H2,20,21,22,23)/t11-,12+,15+/m1/s1. The molecule has 1 aromatic heterocycles. The van der Waals surface area contributed by atoms with Crippen LogP contribution in [-0.4, -0.2) is 17.2 Å². The van der Waals surface area contributed by atoms with Gasteiger partial charge in [0.2, 0.25) is 0 Å². The summed E-state index contributed by atoms with van der Waals surface area (Å²) < 4.78 is 11.2. The Morgan fingerprint density at radius 2 is 2.08 bits per heavy atom. The van der Waals surface area contributed by atoms with Crippen LogP contribution in [0.4, 0.5) is 10.6 Å². The predicted octanol–water partition coefficient (Wildman–Crippen LogP) is 4.18. The molecule has 2 aromatic rings. The molecule has 6 nitrogen and oxygen atoms in total. The third-order valence-corrected chi connectivity index (χ3v) is 5.55. The number of aromatic nitrogens is 1. The third-order valence-electron chi connectivity index (χ3n) is 5.55. The number of para-hydroxylation sites is 1. The number of carbonyl (C=O) groups excluding carboxylic acids is 1. The van der Waals surface area contributed by atoms with Crippen molar-refractivity contribution >= 4 is 11.8 Å². The lowest BCUT2D eigenvalue weighted by Gasteiger charge is -2.34. The number of hydrogen-bond donors (Lipinski definition) is 2. The van der Waals surface area contributed by atoms with Crippen LogP contribution in [0.5, 0.6) is 5.75 Å². The fraction of sp³-hybridized carbons (Fsp3) is 0.474. The van der Waals surface area contributed by atoms with Gasteiger partial charge in [-0.3, -0.25) is 5.32 Å². The Morgan fingerprint density at radius 3 is 2.96 bits per heavy atom. The Morgan fingerprint density at radius 1 is 1.24 bits per heavy atom. The van der Waals surface area contributed by atoms with E-state index in [4.69, 9.17) is 9.26 Å². The van der Waals surface area contributed by atoms with Crippen molar-refractivity contribution in [2.24, 2.45) is 11.8 Å². The fourth-order valence-electron chi connectivity index (χ4n) is 3.78. The van der Waals surface area contributed by atoms with E-state index in [9.17, 15) is 4.79 Å². The van der Waals surface area contributed by atoms with Crippen LogP contribution in [0.1, 0.15) is 38.7 Å². The molecule has 2 heterocycles.